The van der Waals surface area contributed by atoms with E-state index >= 15 is 0 Å². The molecule has 0 spiro atoms. The number of nitriles is 1. The van der Waals surface area contributed by atoms with Crippen molar-refractivity contribution in [2.24, 2.45) is 0 Å². The van der Waals surface area contributed by atoms with Crippen LogP contribution in [0.15, 0.2) is 22.8 Å². The number of nitrogens with zero attached hydrogens (tertiary/aromatic N) is 2. The molecule has 1 aromatic heterocycles. The molecule has 2 rings (SSSR count). The number of halogens is 3. The smallest absolute Gasteiger partial charge is 0.357 e. The SMILES string of the molecule is COC(=O)c1c(N)c(C#N)cn1-c1cc(Cl)c(Br)cc1Cl. The molecule has 8 heteroatoms. The van der Waals surface area contributed by atoms with E-state index in [4.69, 9.17) is 38.9 Å². The van der Waals surface area contributed by atoms with Crippen LogP contribution in [0.5, 0.6) is 0 Å². The number of nitrogen functional groups attached to an aromatic ring is 1. The van der Waals surface area contributed by atoms with Crippen LogP contribution in [0.3, 0.4) is 0 Å². The quantitative estimate of drug-likeness (QED) is 0.626. The Hall–Kier alpha value is -1.68. The van der Waals surface area contributed by atoms with Gasteiger partial charge in [-0.15, -0.1) is 0 Å². The molecule has 0 saturated heterocycles. The number of anilines is 1. The summed E-state index contributed by atoms with van der Waals surface area (Å²) in [4.78, 5) is 11.9. The van der Waals surface area contributed by atoms with Crippen LogP contribution in [0.2, 0.25) is 10.0 Å². The summed E-state index contributed by atoms with van der Waals surface area (Å²) in [6, 6.07) is 5.05. The first-order chi connectivity index (χ1) is 9.90. The van der Waals surface area contributed by atoms with Crippen molar-refractivity contribution in [2.45, 2.75) is 0 Å². The highest BCUT2D eigenvalue weighted by Crippen LogP contribution is 2.34. The first-order valence-corrected chi connectivity index (χ1v) is 7.09. The molecule has 21 heavy (non-hydrogen) atoms. The lowest BCUT2D eigenvalue weighted by Crippen LogP contribution is -2.11. The van der Waals surface area contributed by atoms with E-state index in [0.29, 0.717) is 20.2 Å². The number of benzene rings is 1. The van der Waals surface area contributed by atoms with Crippen molar-refractivity contribution in [3.8, 4) is 11.8 Å². The summed E-state index contributed by atoms with van der Waals surface area (Å²) < 4.78 is 6.70. The number of nitrogens with two attached hydrogens (primary N) is 1. The minimum Gasteiger partial charge on any atom is -0.464 e. The number of hydrogen-bond acceptors (Lipinski definition) is 4. The van der Waals surface area contributed by atoms with Crippen molar-refractivity contribution in [3.05, 3.63) is 44.1 Å². The van der Waals surface area contributed by atoms with Crippen molar-refractivity contribution in [3.63, 3.8) is 0 Å². The van der Waals surface area contributed by atoms with E-state index in [9.17, 15) is 4.79 Å². The van der Waals surface area contributed by atoms with E-state index in [1.54, 1.807) is 12.1 Å². The third-order valence-electron chi connectivity index (χ3n) is 2.79. The predicted molar refractivity (Wildman–Crippen MR) is 84.0 cm³/mol. The van der Waals surface area contributed by atoms with Gasteiger partial charge in [-0.3, -0.25) is 0 Å². The van der Waals surface area contributed by atoms with Gasteiger partial charge in [0.1, 0.15) is 6.07 Å². The van der Waals surface area contributed by atoms with Gasteiger partial charge in [-0.2, -0.15) is 5.26 Å². The monoisotopic (exact) mass is 387 g/mol. The molecule has 5 nitrogen and oxygen atoms in total. The lowest BCUT2D eigenvalue weighted by molar-refractivity contribution is 0.0593. The van der Waals surface area contributed by atoms with Crippen LogP contribution < -0.4 is 5.73 Å². The van der Waals surface area contributed by atoms with Crippen LogP contribution >= 0.6 is 39.1 Å². The number of esters is 1. The van der Waals surface area contributed by atoms with Crippen molar-refractivity contribution in [1.29, 1.82) is 5.26 Å². The minimum atomic E-state index is -0.677. The molecular formula is C13H8BrCl2N3O2. The van der Waals surface area contributed by atoms with E-state index in [-0.39, 0.29) is 16.9 Å². The first kappa shape index (κ1) is 15.7. The zero-order valence-corrected chi connectivity index (χ0v) is 13.8. The summed E-state index contributed by atoms with van der Waals surface area (Å²) in [6.45, 7) is 0. The highest BCUT2D eigenvalue weighted by atomic mass is 79.9. The zero-order valence-electron chi connectivity index (χ0n) is 10.7. The van der Waals surface area contributed by atoms with Crippen molar-refractivity contribution >= 4 is 50.8 Å². The molecule has 0 saturated carbocycles. The third kappa shape index (κ3) is 2.72. The van der Waals surface area contributed by atoms with E-state index in [1.165, 1.54) is 17.9 Å². The number of methoxy groups -OCH3 is 1. The van der Waals surface area contributed by atoms with Crippen LogP contribution in [0.1, 0.15) is 16.1 Å². The summed E-state index contributed by atoms with van der Waals surface area (Å²) in [7, 11) is 1.22. The molecular weight excluding hydrogens is 381 g/mol. The lowest BCUT2D eigenvalue weighted by Gasteiger charge is -2.11. The first-order valence-electron chi connectivity index (χ1n) is 5.54. The van der Waals surface area contributed by atoms with E-state index in [2.05, 4.69) is 15.9 Å². The average Bonchev–Trinajstić information content (AvgIpc) is 2.78. The second kappa shape index (κ2) is 5.98. The summed E-state index contributed by atoms with van der Waals surface area (Å²) in [6.07, 6.45) is 1.41. The fourth-order valence-corrected chi connectivity index (χ4v) is 2.69. The number of carbonyl (C=O) groups is 1. The largest absolute Gasteiger partial charge is 0.464 e. The minimum absolute atomic E-state index is 0.0225. The molecule has 0 fully saturated rings. The van der Waals surface area contributed by atoms with Gasteiger partial charge in [0.2, 0.25) is 0 Å². The Kier molecular flexibility index (Phi) is 4.47. The Bertz CT molecular complexity index is 781. The summed E-state index contributed by atoms with van der Waals surface area (Å²) in [5.74, 6) is -0.677. The Morgan fingerprint density at radius 3 is 2.67 bits per heavy atom. The molecule has 0 radical (unpaired) electrons. The topological polar surface area (TPSA) is 81.0 Å². The van der Waals surface area contributed by atoms with Gasteiger partial charge in [-0.05, 0) is 28.1 Å². The van der Waals surface area contributed by atoms with Gasteiger partial charge >= 0.3 is 5.97 Å². The van der Waals surface area contributed by atoms with Crippen LogP contribution in [0, 0.1) is 11.3 Å². The highest BCUT2D eigenvalue weighted by Gasteiger charge is 2.23. The van der Waals surface area contributed by atoms with Crippen LogP contribution in [0.25, 0.3) is 5.69 Å². The summed E-state index contributed by atoms with van der Waals surface area (Å²) in [5.41, 5.74) is 6.43. The molecule has 0 unspecified atom stereocenters. The highest BCUT2D eigenvalue weighted by molar-refractivity contribution is 9.10. The molecule has 0 atom stereocenters. The molecule has 1 aromatic carbocycles. The van der Waals surface area contributed by atoms with Crippen LogP contribution in [-0.4, -0.2) is 17.6 Å². The van der Waals surface area contributed by atoms with Gasteiger partial charge in [-0.1, -0.05) is 23.2 Å². The number of carbonyl (C=O) groups excluding carboxylic acids is 1. The number of hydrogen-bond donors (Lipinski definition) is 1. The average molecular weight is 389 g/mol. The summed E-state index contributed by atoms with van der Waals surface area (Å²) >= 11 is 15.5. The molecule has 2 N–H and O–H groups in total. The summed E-state index contributed by atoms with van der Waals surface area (Å²) in [5, 5.41) is 9.79. The maximum atomic E-state index is 11.9. The molecule has 0 aliphatic rings. The molecule has 0 aliphatic heterocycles. The Balaban J connectivity index is 2.78. The zero-order chi connectivity index (χ0) is 15.7. The van der Waals surface area contributed by atoms with Gasteiger partial charge in [-0.25, -0.2) is 4.79 Å². The number of ether oxygens (including phenoxy) is 1. The third-order valence-corrected chi connectivity index (χ3v) is 4.29. The molecule has 2 aromatic rings. The second-order valence-electron chi connectivity index (χ2n) is 4.00. The fraction of sp³-hybridized carbons (Fsp3) is 0.0769. The van der Waals surface area contributed by atoms with Crippen LogP contribution in [-0.2, 0) is 4.74 Å². The van der Waals surface area contributed by atoms with Gasteiger partial charge in [0, 0.05) is 10.7 Å². The maximum absolute atomic E-state index is 11.9. The number of aromatic nitrogens is 1. The standard InChI is InChI=1S/C13H8BrCl2N3O2/c1-21-13(20)12-11(18)6(4-17)5-19(12)10-3-8(15)7(14)2-9(10)16/h2-3,5H,18H2,1H3. The Labute approximate surface area is 138 Å². The second-order valence-corrected chi connectivity index (χ2v) is 5.66. The molecule has 0 bridgehead atoms. The normalized spacial score (nSPS) is 10.2. The van der Waals surface area contributed by atoms with E-state index in [0.717, 1.165) is 0 Å². The van der Waals surface area contributed by atoms with Gasteiger partial charge in [0.25, 0.3) is 0 Å². The van der Waals surface area contributed by atoms with Gasteiger partial charge in [0.15, 0.2) is 5.69 Å². The van der Waals surface area contributed by atoms with E-state index in [1.807, 2.05) is 6.07 Å². The number of rotatable bonds is 2. The molecule has 1 heterocycles. The van der Waals surface area contributed by atoms with Gasteiger partial charge in [0.05, 0.1) is 34.1 Å². The lowest BCUT2D eigenvalue weighted by atomic mass is 10.2. The fourth-order valence-electron chi connectivity index (χ4n) is 1.80. The Morgan fingerprint density at radius 1 is 1.43 bits per heavy atom. The van der Waals surface area contributed by atoms with Crippen LogP contribution in [0.4, 0.5) is 5.69 Å². The van der Waals surface area contributed by atoms with Crippen molar-refractivity contribution in [1.82, 2.24) is 4.57 Å². The maximum Gasteiger partial charge on any atom is 0.357 e. The molecule has 108 valence electrons. The molecule has 0 amide bonds. The predicted octanol–water partition coefficient (Wildman–Crippen LogP) is 3.79. The van der Waals surface area contributed by atoms with Gasteiger partial charge < -0.3 is 15.0 Å². The van der Waals surface area contributed by atoms with Crippen molar-refractivity contribution in [2.75, 3.05) is 12.8 Å². The Morgan fingerprint density at radius 2 is 2.10 bits per heavy atom. The molecule has 0 aliphatic carbocycles. The van der Waals surface area contributed by atoms with Crippen molar-refractivity contribution < 1.29 is 9.53 Å². The van der Waals surface area contributed by atoms with E-state index < -0.39 is 5.97 Å².